The van der Waals surface area contributed by atoms with Gasteiger partial charge in [0.1, 0.15) is 5.37 Å². The third-order valence-electron chi connectivity index (χ3n) is 1.73. The van der Waals surface area contributed by atoms with Gasteiger partial charge in [0, 0.05) is 17.7 Å². The van der Waals surface area contributed by atoms with Crippen molar-refractivity contribution in [3.8, 4) is 0 Å². The summed E-state index contributed by atoms with van der Waals surface area (Å²) in [7, 11) is 0. The molecule has 2 rings (SSSR count). The van der Waals surface area contributed by atoms with Gasteiger partial charge in [-0.2, -0.15) is 0 Å². The zero-order chi connectivity index (χ0) is 8.39. The summed E-state index contributed by atoms with van der Waals surface area (Å²) >= 11 is 1.82. The SMILES string of the molecule is Cc1cccc(C2N=CCS2)n1. The lowest BCUT2D eigenvalue weighted by molar-refractivity contribution is 0.959. The molecule has 0 fully saturated rings. The van der Waals surface area contributed by atoms with E-state index in [1.165, 1.54) is 0 Å². The summed E-state index contributed by atoms with van der Waals surface area (Å²) < 4.78 is 0. The Labute approximate surface area is 76.1 Å². The summed E-state index contributed by atoms with van der Waals surface area (Å²) in [4.78, 5) is 8.74. The van der Waals surface area contributed by atoms with Crippen molar-refractivity contribution < 1.29 is 0 Å². The van der Waals surface area contributed by atoms with Gasteiger partial charge in [0.05, 0.1) is 5.69 Å². The lowest BCUT2D eigenvalue weighted by atomic mass is 10.3. The molecular formula is C9H10N2S. The fourth-order valence-corrected chi connectivity index (χ4v) is 2.01. The largest absolute Gasteiger partial charge is 0.276 e. The highest BCUT2D eigenvalue weighted by Crippen LogP contribution is 2.31. The number of aromatic nitrogens is 1. The smallest absolute Gasteiger partial charge is 0.137 e. The normalized spacial score (nSPS) is 21.6. The van der Waals surface area contributed by atoms with E-state index in [1.807, 2.05) is 43.1 Å². The predicted molar refractivity (Wildman–Crippen MR) is 52.7 cm³/mol. The minimum absolute atomic E-state index is 0.241. The Hall–Kier alpha value is -0.830. The van der Waals surface area contributed by atoms with E-state index in [2.05, 4.69) is 9.98 Å². The van der Waals surface area contributed by atoms with E-state index in [-0.39, 0.29) is 5.37 Å². The second-order valence-corrected chi connectivity index (χ2v) is 3.83. The Morgan fingerprint density at radius 2 is 2.42 bits per heavy atom. The summed E-state index contributed by atoms with van der Waals surface area (Å²) in [6.45, 7) is 2.01. The summed E-state index contributed by atoms with van der Waals surface area (Å²) in [5, 5.41) is 0.241. The van der Waals surface area contributed by atoms with Crippen molar-refractivity contribution in [2.24, 2.45) is 4.99 Å². The first-order chi connectivity index (χ1) is 5.86. The molecule has 3 heteroatoms. The highest BCUT2D eigenvalue weighted by Gasteiger charge is 2.14. The van der Waals surface area contributed by atoms with Crippen molar-refractivity contribution in [3.05, 3.63) is 29.6 Å². The van der Waals surface area contributed by atoms with E-state index in [0.717, 1.165) is 17.1 Å². The van der Waals surface area contributed by atoms with E-state index in [4.69, 9.17) is 0 Å². The third-order valence-corrected chi connectivity index (χ3v) is 2.75. The predicted octanol–water partition coefficient (Wildman–Crippen LogP) is 2.21. The van der Waals surface area contributed by atoms with Gasteiger partial charge in [0.25, 0.3) is 0 Å². The molecule has 0 spiro atoms. The molecule has 0 saturated heterocycles. The van der Waals surface area contributed by atoms with E-state index in [0.29, 0.717) is 0 Å². The number of rotatable bonds is 1. The van der Waals surface area contributed by atoms with Gasteiger partial charge in [-0.05, 0) is 19.1 Å². The molecule has 1 aromatic heterocycles. The number of pyridine rings is 1. The van der Waals surface area contributed by atoms with E-state index >= 15 is 0 Å². The van der Waals surface area contributed by atoms with Crippen LogP contribution in [0.4, 0.5) is 0 Å². The first-order valence-corrected chi connectivity index (χ1v) is 4.98. The quantitative estimate of drug-likeness (QED) is 0.658. The van der Waals surface area contributed by atoms with Crippen LogP contribution in [0.1, 0.15) is 16.8 Å². The lowest BCUT2D eigenvalue weighted by Gasteiger charge is -2.05. The average molecular weight is 178 g/mol. The highest BCUT2D eigenvalue weighted by atomic mass is 32.2. The molecule has 0 bridgehead atoms. The maximum Gasteiger partial charge on any atom is 0.137 e. The first-order valence-electron chi connectivity index (χ1n) is 3.93. The summed E-state index contributed by atoms with van der Waals surface area (Å²) in [6, 6.07) is 6.08. The monoisotopic (exact) mass is 178 g/mol. The Kier molecular flexibility index (Phi) is 2.13. The molecule has 2 heterocycles. The molecular weight excluding hydrogens is 168 g/mol. The molecule has 1 aliphatic heterocycles. The van der Waals surface area contributed by atoms with Crippen LogP contribution < -0.4 is 0 Å². The van der Waals surface area contributed by atoms with Crippen molar-refractivity contribution in [2.75, 3.05) is 5.75 Å². The summed E-state index contributed by atoms with van der Waals surface area (Å²) in [6.07, 6.45) is 1.96. The highest BCUT2D eigenvalue weighted by molar-refractivity contribution is 8.00. The fourth-order valence-electron chi connectivity index (χ4n) is 1.18. The number of nitrogens with zero attached hydrogens (tertiary/aromatic N) is 2. The molecule has 1 unspecified atom stereocenters. The van der Waals surface area contributed by atoms with Crippen molar-refractivity contribution >= 4 is 18.0 Å². The molecule has 0 radical (unpaired) electrons. The van der Waals surface area contributed by atoms with E-state index in [9.17, 15) is 0 Å². The van der Waals surface area contributed by atoms with Crippen molar-refractivity contribution in [2.45, 2.75) is 12.3 Å². The van der Waals surface area contributed by atoms with E-state index in [1.54, 1.807) is 0 Å². The number of thioether (sulfide) groups is 1. The zero-order valence-corrected chi connectivity index (χ0v) is 7.71. The van der Waals surface area contributed by atoms with Gasteiger partial charge in [-0.25, -0.2) is 0 Å². The lowest BCUT2D eigenvalue weighted by Crippen LogP contribution is -1.92. The molecule has 12 heavy (non-hydrogen) atoms. The van der Waals surface area contributed by atoms with E-state index < -0.39 is 0 Å². The van der Waals surface area contributed by atoms with Crippen LogP contribution in [-0.4, -0.2) is 17.0 Å². The molecule has 1 aromatic rings. The first kappa shape index (κ1) is 7.80. The molecule has 1 aliphatic rings. The number of aliphatic imine (C=N–C) groups is 1. The second-order valence-electron chi connectivity index (χ2n) is 2.72. The number of aryl methyl sites for hydroxylation is 1. The number of hydrogen-bond acceptors (Lipinski definition) is 3. The maximum absolute atomic E-state index is 4.42. The van der Waals surface area contributed by atoms with Crippen molar-refractivity contribution in [1.82, 2.24) is 4.98 Å². The molecule has 62 valence electrons. The molecule has 1 atom stereocenters. The maximum atomic E-state index is 4.42. The summed E-state index contributed by atoms with van der Waals surface area (Å²) in [5.41, 5.74) is 2.14. The molecule has 0 N–H and O–H groups in total. The van der Waals surface area contributed by atoms with Gasteiger partial charge in [0.2, 0.25) is 0 Å². The van der Waals surface area contributed by atoms with Gasteiger partial charge < -0.3 is 0 Å². The topological polar surface area (TPSA) is 25.2 Å². The van der Waals surface area contributed by atoms with Crippen LogP contribution in [0.15, 0.2) is 23.2 Å². The van der Waals surface area contributed by atoms with Crippen LogP contribution in [0.25, 0.3) is 0 Å². The van der Waals surface area contributed by atoms with Gasteiger partial charge in [-0.15, -0.1) is 11.8 Å². The molecule has 0 saturated carbocycles. The average Bonchev–Trinajstić information content (AvgIpc) is 2.56. The van der Waals surface area contributed by atoms with Crippen LogP contribution >= 0.6 is 11.8 Å². The van der Waals surface area contributed by atoms with Gasteiger partial charge in [0.15, 0.2) is 0 Å². The Bertz CT molecular complexity index is 309. The van der Waals surface area contributed by atoms with Crippen molar-refractivity contribution in [3.63, 3.8) is 0 Å². The minimum Gasteiger partial charge on any atom is -0.276 e. The van der Waals surface area contributed by atoms with Crippen LogP contribution in [0.2, 0.25) is 0 Å². The summed E-state index contributed by atoms with van der Waals surface area (Å²) in [5.74, 6) is 1.01. The molecule has 0 aliphatic carbocycles. The Balaban J connectivity index is 2.27. The van der Waals surface area contributed by atoms with Crippen LogP contribution in [0.5, 0.6) is 0 Å². The van der Waals surface area contributed by atoms with Gasteiger partial charge in [-0.1, -0.05) is 6.07 Å². The molecule has 0 aromatic carbocycles. The van der Waals surface area contributed by atoms with Crippen LogP contribution in [0, 0.1) is 6.92 Å². The van der Waals surface area contributed by atoms with Gasteiger partial charge >= 0.3 is 0 Å². The van der Waals surface area contributed by atoms with Crippen LogP contribution in [-0.2, 0) is 0 Å². The van der Waals surface area contributed by atoms with Crippen LogP contribution in [0.3, 0.4) is 0 Å². The molecule has 2 nitrogen and oxygen atoms in total. The Morgan fingerprint density at radius 1 is 1.50 bits per heavy atom. The number of hydrogen-bond donors (Lipinski definition) is 0. The van der Waals surface area contributed by atoms with Crippen molar-refractivity contribution in [1.29, 1.82) is 0 Å². The molecule has 0 amide bonds. The second kappa shape index (κ2) is 3.27. The third kappa shape index (κ3) is 1.50. The minimum atomic E-state index is 0.241. The Morgan fingerprint density at radius 3 is 3.08 bits per heavy atom. The fraction of sp³-hybridized carbons (Fsp3) is 0.333. The zero-order valence-electron chi connectivity index (χ0n) is 6.90. The van der Waals surface area contributed by atoms with Gasteiger partial charge in [-0.3, -0.25) is 9.98 Å². The standard InChI is InChI=1S/C9H10N2S/c1-7-3-2-4-8(11-7)9-10-5-6-12-9/h2-5,9H,6H2,1H3.